The fraction of sp³-hybridized carbons (Fsp3) is 0.357. The molecule has 3 nitrogen and oxygen atoms in total. The molecule has 0 amide bonds. The predicted octanol–water partition coefficient (Wildman–Crippen LogP) is 3.95. The van der Waals surface area contributed by atoms with E-state index in [4.69, 9.17) is 9.47 Å². The van der Waals surface area contributed by atoms with Crippen LogP contribution in [-0.4, -0.2) is 12.3 Å². The van der Waals surface area contributed by atoms with Crippen molar-refractivity contribution in [3.63, 3.8) is 0 Å². The molecule has 0 spiro atoms. The highest BCUT2D eigenvalue weighted by molar-refractivity contribution is 5.64. The summed E-state index contributed by atoms with van der Waals surface area (Å²) in [6.07, 6.45) is 4.98. The highest BCUT2D eigenvalue weighted by atomic mass is 16.7. The number of rotatable bonds is 5. The number of allylic oxidation sites excluding steroid dienone is 1. The summed E-state index contributed by atoms with van der Waals surface area (Å²) < 4.78 is 10.0. The SMILES string of the molecule is CCC/C=C/C(C)OC(=O)Oc1ccccc1. The zero-order valence-corrected chi connectivity index (χ0v) is 10.3. The molecule has 1 aromatic carbocycles. The molecule has 0 N–H and O–H groups in total. The number of carbonyl (C=O) groups is 1. The van der Waals surface area contributed by atoms with Crippen molar-refractivity contribution in [2.45, 2.75) is 32.8 Å². The van der Waals surface area contributed by atoms with Crippen LogP contribution < -0.4 is 4.74 Å². The maximum absolute atomic E-state index is 11.4. The van der Waals surface area contributed by atoms with Crippen LogP contribution in [0.15, 0.2) is 42.5 Å². The van der Waals surface area contributed by atoms with Crippen LogP contribution in [0.2, 0.25) is 0 Å². The van der Waals surface area contributed by atoms with Gasteiger partial charge in [0, 0.05) is 0 Å². The fourth-order valence-electron chi connectivity index (χ4n) is 1.25. The van der Waals surface area contributed by atoms with Crippen LogP contribution >= 0.6 is 0 Å². The van der Waals surface area contributed by atoms with E-state index < -0.39 is 6.16 Å². The fourth-order valence-corrected chi connectivity index (χ4v) is 1.25. The largest absolute Gasteiger partial charge is 0.514 e. The van der Waals surface area contributed by atoms with Crippen molar-refractivity contribution in [3.8, 4) is 5.75 Å². The van der Waals surface area contributed by atoms with E-state index in [1.165, 1.54) is 0 Å². The van der Waals surface area contributed by atoms with Gasteiger partial charge in [0.25, 0.3) is 0 Å². The highest BCUT2D eigenvalue weighted by Gasteiger charge is 2.08. The molecule has 3 heteroatoms. The Balaban J connectivity index is 2.34. The summed E-state index contributed by atoms with van der Waals surface area (Å²) in [5.74, 6) is 0.488. The zero-order valence-electron chi connectivity index (χ0n) is 10.3. The van der Waals surface area contributed by atoms with Gasteiger partial charge in [0.2, 0.25) is 0 Å². The Kier molecular flexibility index (Phi) is 5.86. The second-order valence-electron chi connectivity index (χ2n) is 3.70. The Labute approximate surface area is 102 Å². The average molecular weight is 234 g/mol. The second-order valence-corrected chi connectivity index (χ2v) is 3.70. The van der Waals surface area contributed by atoms with Gasteiger partial charge in [-0.15, -0.1) is 0 Å². The Bertz CT molecular complexity index is 357. The molecule has 0 saturated heterocycles. The number of benzene rings is 1. The van der Waals surface area contributed by atoms with Gasteiger partial charge in [-0.2, -0.15) is 0 Å². The average Bonchev–Trinajstić information content (AvgIpc) is 2.30. The number of ether oxygens (including phenoxy) is 2. The third kappa shape index (κ3) is 5.76. The third-order valence-corrected chi connectivity index (χ3v) is 2.09. The quantitative estimate of drug-likeness (QED) is 0.439. The first-order valence-corrected chi connectivity index (χ1v) is 5.82. The highest BCUT2D eigenvalue weighted by Crippen LogP contribution is 2.10. The molecule has 1 atom stereocenters. The van der Waals surface area contributed by atoms with E-state index in [9.17, 15) is 4.79 Å². The van der Waals surface area contributed by atoms with E-state index in [0.29, 0.717) is 5.75 Å². The number of hydrogen-bond donors (Lipinski definition) is 0. The normalized spacial score (nSPS) is 12.4. The van der Waals surface area contributed by atoms with Crippen molar-refractivity contribution >= 4 is 6.16 Å². The molecule has 0 aliphatic heterocycles. The van der Waals surface area contributed by atoms with E-state index in [0.717, 1.165) is 12.8 Å². The molecule has 1 aromatic rings. The molecule has 17 heavy (non-hydrogen) atoms. The molecule has 0 fully saturated rings. The molecule has 0 radical (unpaired) electrons. The maximum atomic E-state index is 11.4. The molecule has 0 bridgehead atoms. The monoisotopic (exact) mass is 234 g/mol. The summed E-state index contributed by atoms with van der Waals surface area (Å²) in [4.78, 5) is 11.4. The van der Waals surface area contributed by atoms with Crippen LogP contribution in [0.3, 0.4) is 0 Å². The van der Waals surface area contributed by atoms with Crippen molar-refractivity contribution in [2.75, 3.05) is 0 Å². The Hall–Kier alpha value is -1.77. The van der Waals surface area contributed by atoms with Crippen molar-refractivity contribution in [2.24, 2.45) is 0 Å². The standard InChI is InChI=1S/C14H18O3/c1-3-4-6-9-12(2)16-14(15)17-13-10-7-5-8-11-13/h5-12H,3-4H2,1-2H3/b9-6+. The van der Waals surface area contributed by atoms with Crippen LogP contribution in [0.25, 0.3) is 0 Å². The summed E-state index contributed by atoms with van der Waals surface area (Å²) in [7, 11) is 0. The van der Waals surface area contributed by atoms with E-state index >= 15 is 0 Å². The van der Waals surface area contributed by atoms with Crippen molar-refractivity contribution in [1.29, 1.82) is 0 Å². The van der Waals surface area contributed by atoms with Crippen LogP contribution in [-0.2, 0) is 4.74 Å². The molecule has 0 aromatic heterocycles. The summed E-state index contributed by atoms with van der Waals surface area (Å²) >= 11 is 0. The molecule has 0 saturated carbocycles. The van der Waals surface area contributed by atoms with Crippen LogP contribution in [0.4, 0.5) is 4.79 Å². The van der Waals surface area contributed by atoms with Crippen molar-refractivity contribution in [3.05, 3.63) is 42.5 Å². The molecular weight excluding hydrogens is 216 g/mol. The van der Waals surface area contributed by atoms with Gasteiger partial charge in [-0.25, -0.2) is 4.79 Å². The Morgan fingerprint density at radius 2 is 2.06 bits per heavy atom. The number of hydrogen-bond acceptors (Lipinski definition) is 3. The molecule has 0 aliphatic carbocycles. The zero-order chi connectivity index (χ0) is 12.5. The Morgan fingerprint density at radius 1 is 1.35 bits per heavy atom. The van der Waals surface area contributed by atoms with Gasteiger partial charge in [0.15, 0.2) is 0 Å². The van der Waals surface area contributed by atoms with Gasteiger partial charge >= 0.3 is 6.16 Å². The van der Waals surface area contributed by atoms with Crippen molar-refractivity contribution in [1.82, 2.24) is 0 Å². The predicted molar refractivity (Wildman–Crippen MR) is 67.1 cm³/mol. The minimum atomic E-state index is -0.676. The second kappa shape index (κ2) is 7.49. The van der Waals surface area contributed by atoms with Gasteiger partial charge < -0.3 is 9.47 Å². The number of carbonyl (C=O) groups excluding carboxylic acids is 1. The van der Waals surface area contributed by atoms with Gasteiger partial charge in [0.05, 0.1) is 0 Å². The molecular formula is C14H18O3. The summed E-state index contributed by atoms with van der Waals surface area (Å²) in [6.45, 7) is 3.90. The lowest BCUT2D eigenvalue weighted by Crippen LogP contribution is -2.16. The van der Waals surface area contributed by atoms with Gasteiger partial charge in [-0.1, -0.05) is 37.6 Å². The van der Waals surface area contributed by atoms with E-state index in [2.05, 4.69) is 6.92 Å². The van der Waals surface area contributed by atoms with Gasteiger partial charge in [0.1, 0.15) is 11.9 Å². The lowest BCUT2D eigenvalue weighted by molar-refractivity contribution is 0.0823. The minimum Gasteiger partial charge on any atom is -0.427 e. The molecule has 92 valence electrons. The first-order chi connectivity index (χ1) is 8.22. The van der Waals surface area contributed by atoms with Crippen LogP contribution in [0.1, 0.15) is 26.7 Å². The smallest absolute Gasteiger partial charge is 0.427 e. The summed E-state index contributed by atoms with van der Waals surface area (Å²) in [5, 5.41) is 0. The van der Waals surface area contributed by atoms with Crippen LogP contribution in [0.5, 0.6) is 5.75 Å². The van der Waals surface area contributed by atoms with Crippen molar-refractivity contribution < 1.29 is 14.3 Å². The van der Waals surface area contributed by atoms with E-state index in [1.54, 1.807) is 31.2 Å². The minimum absolute atomic E-state index is 0.266. The topological polar surface area (TPSA) is 35.5 Å². The first-order valence-electron chi connectivity index (χ1n) is 5.82. The molecule has 1 unspecified atom stereocenters. The van der Waals surface area contributed by atoms with Crippen LogP contribution in [0, 0.1) is 0 Å². The first kappa shape index (κ1) is 13.3. The molecule has 0 heterocycles. The van der Waals surface area contributed by atoms with E-state index in [1.807, 2.05) is 18.2 Å². The van der Waals surface area contributed by atoms with E-state index in [-0.39, 0.29) is 6.10 Å². The lowest BCUT2D eigenvalue weighted by Gasteiger charge is -2.09. The lowest BCUT2D eigenvalue weighted by atomic mass is 10.3. The maximum Gasteiger partial charge on any atom is 0.514 e. The summed E-state index contributed by atoms with van der Waals surface area (Å²) in [6, 6.07) is 8.87. The Morgan fingerprint density at radius 3 is 2.71 bits per heavy atom. The third-order valence-electron chi connectivity index (χ3n) is 2.09. The van der Waals surface area contributed by atoms with Gasteiger partial charge in [-0.05, 0) is 31.6 Å². The number of unbranched alkanes of at least 4 members (excludes halogenated alkanes) is 1. The van der Waals surface area contributed by atoms with Gasteiger partial charge in [-0.3, -0.25) is 0 Å². The summed E-state index contributed by atoms with van der Waals surface area (Å²) in [5.41, 5.74) is 0. The molecule has 1 rings (SSSR count). The molecule has 0 aliphatic rings. The number of para-hydroxylation sites is 1.